The predicted molar refractivity (Wildman–Crippen MR) is 66.2 cm³/mol. The first-order chi connectivity index (χ1) is 8.56. The van der Waals surface area contributed by atoms with Crippen molar-refractivity contribution in [2.24, 2.45) is 5.92 Å². The van der Waals surface area contributed by atoms with E-state index in [1.165, 1.54) is 0 Å². The molecule has 0 aromatic carbocycles. The van der Waals surface area contributed by atoms with E-state index in [0.717, 1.165) is 0 Å². The Bertz CT molecular complexity index is 288. The topological polar surface area (TPSA) is 67.9 Å². The number of amides is 2. The molecule has 0 spiro atoms. The Labute approximate surface area is 108 Å². The molecule has 1 N–H and O–H groups in total. The van der Waals surface area contributed by atoms with E-state index in [0.29, 0.717) is 32.9 Å². The highest BCUT2D eigenvalue weighted by Gasteiger charge is 2.29. The van der Waals surface area contributed by atoms with Gasteiger partial charge in [-0.3, -0.25) is 4.79 Å². The summed E-state index contributed by atoms with van der Waals surface area (Å²) in [6.45, 7) is 8.08. The molecule has 6 nitrogen and oxygen atoms in total. The van der Waals surface area contributed by atoms with Crippen molar-refractivity contribution in [2.45, 2.75) is 26.8 Å². The maximum absolute atomic E-state index is 12.3. The Hall–Kier alpha value is -1.30. The Kier molecular flexibility index (Phi) is 5.91. The molecule has 0 saturated carbocycles. The van der Waals surface area contributed by atoms with Crippen LogP contribution in [0.25, 0.3) is 0 Å². The fourth-order valence-electron chi connectivity index (χ4n) is 1.79. The molecule has 18 heavy (non-hydrogen) atoms. The summed E-state index contributed by atoms with van der Waals surface area (Å²) in [5, 5.41) is 2.62. The van der Waals surface area contributed by atoms with E-state index in [-0.39, 0.29) is 11.8 Å². The first kappa shape index (κ1) is 14.8. The van der Waals surface area contributed by atoms with Crippen molar-refractivity contribution in [3.8, 4) is 0 Å². The quantitative estimate of drug-likeness (QED) is 0.802. The second kappa shape index (κ2) is 7.20. The number of ether oxygens (including phenoxy) is 2. The lowest BCUT2D eigenvalue weighted by Gasteiger charge is -2.32. The normalized spacial score (nSPS) is 17.4. The minimum absolute atomic E-state index is 0.0183. The van der Waals surface area contributed by atoms with Crippen LogP contribution >= 0.6 is 0 Å². The lowest BCUT2D eigenvalue weighted by Crippen LogP contribution is -2.53. The van der Waals surface area contributed by atoms with E-state index in [9.17, 15) is 9.59 Å². The largest absolute Gasteiger partial charge is 0.450 e. The zero-order valence-electron chi connectivity index (χ0n) is 11.3. The zero-order valence-corrected chi connectivity index (χ0v) is 11.3. The van der Waals surface area contributed by atoms with Crippen LogP contribution in [0.3, 0.4) is 0 Å². The highest BCUT2D eigenvalue weighted by molar-refractivity contribution is 5.86. The minimum Gasteiger partial charge on any atom is -0.450 e. The van der Waals surface area contributed by atoms with E-state index in [4.69, 9.17) is 9.47 Å². The van der Waals surface area contributed by atoms with Gasteiger partial charge in [-0.05, 0) is 12.8 Å². The van der Waals surface area contributed by atoms with Gasteiger partial charge in [0, 0.05) is 13.1 Å². The van der Waals surface area contributed by atoms with Crippen molar-refractivity contribution < 1.29 is 19.1 Å². The summed E-state index contributed by atoms with van der Waals surface area (Å²) in [4.78, 5) is 25.4. The van der Waals surface area contributed by atoms with Gasteiger partial charge in [0.2, 0.25) is 5.91 Å². The first-order valence-electron chi connectivity index (χ1n) is 6.36. The Balaban J connectivity index is 2.59. The maximum atomic E-state index is 12.3. The van der Waals surface area contributed by atoms with Crippen molar-refractivity contribution in [1.29, 1.82) is 0 Å². The fraction of sp³-hybridized carbons (Fsp3) is 0.833. The van der Waals surface area contributed by atoms with Gasteiger partial charge in [-0.1, -0.05) is 13.8 Å². The van der Waals surface area contributed by atoms with Crippen LogP contribution in [0, 0.1) is 5.92 Å². The molecule has 1 atom stereocenters. The third-order valence-corrected chi connectivity index (χ3v) is 2.80. The van der Waals surface area contributed by atoms with Crippen LogP contribution in [-0.4, -0.2) is 55.9 Å². The van der Waals surface area contributed by atoms with Gasteiger partial charge in [-0.15, -0.1) is 0 Å². The SMILES string of the molecule is CCOC(=O)N[C@H](C(=O)N1CCOCC1)C(C)C. The molecule has 2 amide bonds. The molecule has 1 rings (SSSR count). The Morgan fingerprint density at radius 2 is 1.94 bits per heavy atom. The highest BCUT2D eigenvalue weighted by Crippen LogP contribution is 2.08. The third-order valence-electron chi connectivity index (χ3n) is 2.80. The lowest BCUT2D eigenvalue weighted by molar-refractivity contribution is -0.138. The van der Waals surface area contributed by atoms with Crippen LogP contribution in [0.4, 0.5) is 4.79 Å². The number of morpholine rings is 1. The number of carbonyl (C=O) groups is 2. The van der Waals surface area contributed by atoms with Crippen LogP contribution in [-0.2, 0) is 14.3 Å². The minimum atomic E-state index is -0.544. The van der Waals surface area contributed by atoms with E-state index in [2.05, 4.69) is 5.32 Å². The number of nitrogens with zero attached hydrogens (tertiary/aromatic N) is 1. The van der Waals surface area contributed by atoms with Gasteiger partial charge in [-0.2, -0.15) is 0 Å². The molecule has 1 aliphatic heterocycles. The molecule has 0 unspecified atom stereocenters. The van der Waals surface area contributed by atoms with Crippen LogP contribution in [0.15, 0.2) is 0 Å². The molecular formula is C12H22N2O4. The monoisotopic (exact) mass is 258 g/mol. The molecule has 6 heteroatoms. The summed E-state index contributed by atoms with van der Waals surface area (Å²) in [6.07, 6.45) is -0.544. The summed E-state index contributed by atoms with van der Waals surface area (Å²) in [5.41, 5.74) is 0. The zero-order chi connectivity index (χ0) is 13.5. The van der Waals surface area contributed by atoms with Crippen molar-refractivity contribution >= 4 is 12.0 Å². The molecule has 1 fully saturated rings. The molecule has 104 valence electrons. The first-order valence-corrected chi connectivity index (χ1v) is 6.36. The third kappa shape index (κ3) is 4.18. The van der Waals surface area contributed by atoms with Crippen molar-refractivity contribution in [3.05, 3.63) is 0 Å². The molecule has 0 aliphatic carbocycles. The van der Waals surface area contributed by atoms with Gasteiger partial charge >= 0.3 is 6.09 Å². The molecule has 1 heterocycles. The molecular weight excluding hydrogens is 236 g/mol. The maximum Gasteiger partial charge on any atom is 0.407 e. The van der Waals surface area contributed by atoms with Gasteiger partial charge in [0.15, 0.2) is 0 Å². The van der Waals surface area contributed by atoms with Crippen molar-refractivity contribution in [2.75, 3.05) is 32.9 Å². The number of hydrogen-bond donors (Lipinski definition) is 1. The van der Waals surface area contributed by atoms with Crippen molar-refractivity contribution in [1.82, 2.24) is 10.2 Å². The average Bonchev–Trinajstić information content (AvgIpc) is 2.36. The van der Waals surface area contributed by atoms with Gasteiger partial charge < -0.3 is 19.7 Å². The van der Waals surface area contributed by atoms with E-state index in [1.54, 1.807) is 11.8 Å². The second-order valence-corrected chi connectivity index (χ2v) is 4.52. The summed E-state index contributed by atoms with van der Waals surface area (Å²) in [7, 11) is 0. The van der Waals surface area contributed by atoms with E-state index < -0.39 is 12.1 Å². The van der Waals surface area contributed by atoms with Crippen LogP contribution in [0.2, 0.25) is 0 Å². The van der Waals surface area contributed by atoms with Gasteiger partial charge in [-0.25, -0.2) is 4.79 Å². The lowest BCUT2D eigenvalue weighted by atomic mass is 10.0. The Morgan fingerprint density at radius 1 is 1.33 bits per heavy atom. The second-order valence-electron chi connectivity index (χ2n) is 4.52. The Morgan fingerprint density at radius 3 is 2.44 bits per heavy atom. The standard InChI is InChI=1S/C12H22N2O4/c1-4-18-12(16)13-10(9(2)3)11(15)14-5-7-17-8-6-14/h9-10H,4-8H2,1-3H3,(H,13,16)/t10-/m0/s1. The number of hydrogen-bond acceptors (Lipinski definition) is 4. The summed E-state index contributed by atoms with van der Waals surface area (Å²) < 4.78 is 10.0. The number of nitrogens with one attached hydrogen (secondary N) is 1. The van der Waals surface area contributed by atoms with E-state index in [1.807, 2.05) is 13.8 Å². The molecule has 0 radical (unpaired) electrons. The molecule has 0 bridgehead atoms. The molecule has 0 aromatic rings. The summed E-state index contributed by atoms with van der Waals surface area (Å²) in [5.74, 6) is -0.0499. The van der Waals surface area contributed by atoms with Gasteiger partial charge in [0.1, 0.15) is 6.04 Å². The van der Waals surface area contributed by atoms with Crippen molar-refractivity contribution in [3.63, 3.8) is 0 Å². The summed E-state index contributed by atoms with van der Waals surface area (Å²) >= 11 is 0. The fourth-order valence-corrected chi connectivity index (χ4v) is 1.79. The molecule has 0 aromatic heterocycles. The smallest absolute Gasteiger partial charge is 0.407 e. The van der Waals surface area contributed by atoms with Gasteiger partial charge in [0.05, 0.1) is 19.8 Å². The molecule has 1 aliphatic rings. The van der Waals surface area contributed by atoms with Crippen LogP contribution in [0.1, 0.15) is 20.8 Å². The average molecular weight is 258 g/mol. The highest BCUT2D eigenvalue weighted by atomic mass is 16.5. The van der Waals surface area contributed by atoms with Gasteiger partial charge in [0.25, 0.3) is 0 Å². The molecule has 1 saturated heterocycles. The number of alkyl carbamates (subject to hydrolysis) is 1. The number of rotatable bonds is 4. The van der Waals surface area contributed by atoms with Crippen LogP contribution < -0.4 is 5.32 Å². The summed E-state index contributed by atoms with van der Waals surface area (Å²) in [6, 6.07) is -0.540. The van der Waals surface area contributed by atoms with E-state index >= 15 is 0 Å². The predicted octanol–water partition coefficient (Wildman–Crippen LogP) is 0.616. The van der Waals surface area contributed by atoms with Crippen LogP contribution in [0.5, 0.6) is 0 Å². The number of carbonyl (C=O) groups excluding carboxylic acids is 2.